The van der Waals surface area contributed by atoms with Gasteiger partial charge in [0, 0.05) is 32.1 Å². The van der Waals surface area contributed by atoms with Crippen LogP contribution >= 0.6 is 8.58 Å². The number of amidine groups is 1. The first-order chi connectivity index (χ1) is 17.3. The molecule has 1 amide bonds. The molecule has 0 radical (unpaired) electrons. The molecule has 2 aromatic carbocycles. The largest absolute Gasteiger partial charge is 0.395 e. The highest BCUT2D eigenvalue weighted by Crippen LogP contribution is 2.15. The number of rotatable bonds is 8. The SMILES string of the molecule is C=CC(=O)N1CCC[C@H](C)C1.CN/N=C(N)\C(N)=C(/C=O)Cc1ccc(Pc2ccc(F)cc2)cc1. The van der Waals surface area contributed by atoms with Crippen LogP contribution in [0.3, 0.4) is 0 Å². The Hall–Kier alpha value is -3.51. The van der Waals surface area contributed by atoms with Gasteiger partial charge in [0.2, 0.25) is 5.91 Å². The van der Waals surface area contributed by atoms with Gasteiger partial charge in [-0.2, -0.15) is 5.10 Å². The van der Waals surface area contributed by atoms with Crippen molar-refractivity contribution in [2.24, 2.45) is 22.5 Å². The number of carbonyl (C=O) groups excluding carboxylic acids is 2. The number of hydrogen-bond acceptors (Lipinski definition) is 5. The molecule has 0 bridgehead atoms. The van der Waals surface area contributed by atoms with Gasteiger partial charge in [-0.1, -0.05) is 58.5 Å². The van der Waals surface area contributed by atoms with E-state index in [0.29, 0.717) is 32.8 Å². The molecular weight excluding hydrogens is 476 g/mol. The molecule has 1 saturated heterocycles. The first-order valence-electron chi connectivity index (χ1n) is 11.7. The number of nitrogens with zero attached hydrogens (tertiary/aromatic N) is 2. The quantitative estimate of drug-likeness (QED) is 0.126. The molecule has 192 valence electrons. The summed E-state index contributed by atoms with van der Waals surface area (Å²) in [6.07, 6.45) is 4.86. The van der Waals surface area contributed by atoms with Gasteiger partial charge >= 0.3 is 0 Å². The van der Waals surface area contributed by atoms with E-state index in [1.165, 1.54) is 24.6 Å². The number of benzene rings is 2. The minimum Gasteiger partial charge on any atom is -0.395 e. The van der Waals surface area contributed by atoms with Crippen LogP contribution in [0.5, 0.6) is 0 Å². The summed E-state index contributed by atoms with van der Waals surface area (Å²) in [6, 6.07) is 14.3. The number of nitrogens with two attached hydrogens (primary N) is 2. The predicted octanol–water partition coefficient (Wildman–Crippen LogP) is 2.33. The van der Waals surface area contributed by atoms with Crippen LogP contribution in [-0.4, -0.2) is 43.1 Å². The Kier molecular flexibility index (Phi) is 11.8. The van der Waals surface area contributed by atoms with Gasteiger partial charge in [0.1, 0.15) is 12.1 Å². The Morgan fingerprint density at radius 1 is 1.19 bits per heavy atom. The fraction of sp³-hybridized carbons (Fsp3) is 0.296. The fourth-order valence-corrected chi connectivity index (χ4v) is 4.69. The van der Waals surface area contributed by atoms with Crippen molar-refractivity contribution in [3.05, 3.63) is 83.8 Å². The van der Waals surface area contributed by atoms with Crippen molar-refractivity contribution in [2.45, 2.75) is 26.2 Å². The first-order valence-corrected chi connectivity index (χ1v) is 12.7. The Balaban J connectivity index is 0.000000346. The van der Waals surface area contributed by atoms with Crippen molar-refractivity contribution in [1.82, 2.24) is 10.3 Å². The number of nitrogens with one attached hydrogen (secondary N) is 1. The van der Waals surface area contributed by atoms with Gasteiger partial charge in [0.25, 0.3) is 0 Å². The number of likely N-dealkylation sites (tertiary alicyclic amines) is 1. The van der Waals surface area contributed by atoms with E-state index in [0.717, 1.165) is 35.7 Å². The Morgan fingerprint density at radius 2 is 1.81 bits per heavy atom. The van der Waals surface area contributed by atoms with Crippen LogP contribution in [0.1, 0.15) is 25.3 Å². The smallest absolute Gasteiger partial charge is 0.245 e. The molecule has 1 aliphatic heterocycles. The average molecular weight is 512 g/mol. The minimum absolute atomic E-state index is 0.0801. The van der Waals surface area contributed by atoms with Crippen LogP contribution in [0.25, 0.3) is 0 Å². The number of hydrogen-bond donors (Lipinski definition) is 3. The standard InChI is InChI=1S/C18H20FN4OP.C9H15NO/c1-22-23-18(21)17(20)13(11-24)10-12-2-6-15(7-3-12)25-16-8-4-14(19)5-9-16;1-3-9(11)10-6-4-5-8(2)7-10/h2-9,11,22,25H,10,20H2,1H3,(H2,21,23);3,8H,1,4-7H2,2H3/b17-13+;/t;8-/m.0/s1. The van der Waals surface area contributed by atoms with Crippen LogP contribution in [0.15, 0.2) is 77.6 Å². The predicted molar refractivity (Wildman–Crippen MR) is 147 cm³/mol. The summed E-state index contributed by atoms with van der Waals surface area (Å²) >= 11 is 0. The minimum atomic E-state index is -0.240. The number of aldehydes is 1. The van der Waals surface area contributed by atoms with Gasteiger partial charge in [0.15, 0.2) is 5.84 Å². The lowest BCUT2D eigenvalue weighted by Crippen LogP contribution is -2.37. The molecule has 3 rings (SSSR count). The van der Waals surface area contributed by atoms with E-state index in [1.54, 1.807) is 19.2 Å². The number of hydrazone groups is 1. The van der Waals surface area contributed by atoms with Crippen molar-refractivity contribution in [1.29, 1.82) is 0 Å². The second-order valence-electron chi connectivity index (χ2n) is 8.52. The highest BCUT2D eigenvalue weighted by Gasteiger charge is 2.18. The fourth-order valence-electron chi connectivity index (χ4n) is 3.69. The lowest BCUT2D eigenvalue weighted by atomic mass is 10.0. The van der Waals surface area contributed by atoms with Crippen molar-refractivity contribution in [3.8, 4) is 0 Å². The van der Waals surface area contributed by atoms with E-state index >= 15 is 0 Å². The maximum Gasteiger partial charge on any atom is 0.245 e. The Bertz CT molecular complexity index is 1080. The molecule has 1 heterocycles. The molecule has 7 nitrogen and oxygen atoms in total. The second-order valence-corrected chi connectivity index (χ2v) is 9.92. The summed E-state index contributed by atoms with van der Waals surface area (Å²) in [5.74, 6) is 0.582. The highest BCUT2D eigenvalue weighted by molar-refractivity contribution is 7.55. The summed E-state index contributed by atoms with van der Waals surface area (Å²) in [6.45, 7) is 7.47. The van der Waals surface area contributed by atoms with Crippen molar-refractivity contribution in [3.63, 3.8) is 0 Å². The molecule has 1 unspecified atom stereocenters. The van der Waals surface area contributed by atoms with Gasteiger partial charge in [-0.3, -0.25) is 9.59 Å². The topological polar surface area (TPSA) is 114 Å². The number of allylic oxidation sites excluding steroid dienone is 1. The van der Waals surface area contributed by atoms with Crippen LogP contribution in [0.4, 0.5) is 4.39 Å². The second kappa shape index (κ2) is 14.8. The van der Waals surface area contributed by atoms with E-state index in [9.17, 15) is 14.0 Å². The van der Waals surface area contributed by atoms with E-state index in [4.69, 9.17) is 11.5 Å². The maximum absolute atomic E-state index is 12.9. The Labute approximate surface area is 214 Å². The van der Waals surface area contributed by atoms with Gasteiger partial charge in [-0.25, -0.2) is 4.39 Å². The third kappa shape index (κ3) is 9.27. The summed E-state index contributed by atoms with van der Waals surface area (Å²) in [5.41, 5.74) is 15.6. The van der Waals surface area contributed by atoms with Crippen molar-refractivity contribution < 1.29 is 14.0 Å². The lowest BCUT2D eigenvalue weighted by Gasteiger charge is -2.29. The van der Waals surface area contributed by atoms with E-state index in [1.807, 2.05) is 29.2 Å². The van der Waals surface area contributed by atoms with Gasteiger partial charge in [0.05, 0.1) is 5.70 Å². The molecule has 1 aliphatic rings. The molecule has 2 aromatic rings. The summed E-state index contributed by atoms with van der Waals surface area (Å²) in [5, 5.41) is 5.96. The summed E-state index contributed by atoms with van der Waals surface area (Å²) in [7, 11) is 2.04. The molecule has 0 aromatic heterocycles. The van der Waals surface area contributed by atoms with Crippen molar-refractivity contribution >= 4 is 37.2 Å². The molecule has 0 spiro atoms. The molecule has 5 N–H and O–H groups in total. The van der Waals surface area contributed by atoms with Crippen LogP contribution in [0.2, 0.25) is 0 Å². The number of amides is 1. The summed E-state index contributed by atoms with van der Waals surface area (Å²) in [4.78, 5) is 24.3. The molecule has 9 heteroatoms. The van der Waals surface area contributed by atoms with Gasteiger partial charge in [-0.15, -0.1) is 0 Å². The monoisotopic (exact) mass is 511 g/mol. The number of halogens is 1. The molecule has 0 saturated carbocycles. The van der Waals surface area contributed by atoms with E-state index < -0.39 is 0 Å². The zero-order chi connectivity index (χ0) is 26.5. The van der Waals surface area contributed by atoms with Crippen LogP contribution in [-0.2, 0) is 16.0 Å². The summed E-state index contributed by atoms with van der Waals surface area (Å²) < 4.78 is 12.9. The van der Waals surface area contributed by atoms with Gasteiger partial charge < -0.3 is 21.8 Å². The number of carbonyl (C=O) groups is 2. The molecule has 1 fully saturated rings. The third-order valence-electron chi connectivity index (χ3n) is 5.62. The molecule has 0 aliphatic carbocycles. The zero-order valence-electron chi connectivity index (χ0n) is 20.8. The molecule has 36 heavy (non-hydrogen) atoms. The van der Waals surface area contributed by atoms with Crippen LogP contribution < -0.4 is 27.5 Å². The normalized spacial score (nSPS) is 16.6. The maximum atomic E-state index is 12.9. The molecule has 2 atom stereocenters. The van der Waals surface area contributed by atoms with Gasteiger partial charge in [-0.05, 0) is 53.1 Å². The zero-order valence-corrected chi connectivity index (χ0v) is 21.8. The third-order valence-corrected chi connectivity index (χ3v) is 6.87. The lowest BCUT2D eigenvalue weighted by molar-refractivity contribution is -0.127. The average Bonchev–Trinajstić information content (AvgIpc) is 2.89. The van der Waals surface area contributed by atoms with E-state index in [-0.39, 0.29) is 23.3 Å². The Morgan fingerprint density at radius 3 is 2.33 bits per heavy atom. The molecular formula is C27H35FN5O2P. The first kappa shape index (κ1) is 28.7. The van der Waals surface area contributed by atoms with E-state index in [2.05, 4.69) is 24.0 Å². The van der Waals surface area contributed by atoms with Crippen molar-refractivity contribution in [2.75, 3.05) is 20.1 Å². The highest BCUT2D eigenvalue weighted by atomic mass is 31.1. The van der Waals surface area contributed by atoms with Crippen LogP contribution in [0, 0.1) is 11.7 Å². The number of piperidine rings is 1.